The molecule has 0 saturated carbocycles. The van der Waals surface area contributed by atoms with Crippen LogP contribution in [0.15, 0.2) is 12.2 Å². The highest BCUT2D eigenvalue weighted by molar-refractivity contribution is 9.12. The van der Waals surface area contributed by atoms with Gasteiger partial charge in [-0.15, -0.1) is 0 Å². The second-order valence-electron chi connectivity index (χ2n) is 1.88. The molecule has 0 aromatic carbocycles. The Kier molecular flexibility index (Phi) is 6.96. The zero-order chi connectivity index (χ0) is 8.69. The van der Waals surface area contributed by atoms with Crippen molar-refractivity contribution in [1.82, 2.24) is 0 Å². The quantitative estimate of drug-likeness (QED) is 0.450. The second-order valence-corrected chi connectivity index (χ2v) is 3.82. The predicted octanol–water partition coefficient (Wildman–Crippen LogP) is 2.26. The SMILES string of the molecule is C/C=C\C(=O)OC[C@H](Br)CBr. The summed E-state index contributed by atoms with van der Waals surface area (Å²) in [5, 5.41) is 0.774. The molecule has 0 aromatic heterocycles. The molecule has 64 valence electrons. The average Bonchev–Trinajstić information content (AvgIpc) is 2.01. The molecule has 0 spiro atoms. The predicted molar refractivity (Wildman–Crippen MR) is 52.3 cm³/mol. The van der Waals surface area contributed by atoms with E-state index in [1.165, 1.54) is 6.08 Å². The molecule has 0 amide bonds. The molecule has 0 radical (unpaired) electrons. The van der Waals surface area contributed by atoms with Gasteiger partial charge in [-0.05, 0) is 6.92 Å². The van der Waals surface area contributed by atoms with E-state index in [-0.39, 0.29) is 10.8 Å². The first kappa shape index (κ1) is 11.2. The van der Waals surface area contributed by atoms with Gasteiger partial charge in [-0.1, -0.05) is 37.9 Å². The van der Waals surface area contributed by atoms with E-state index < -0.39 is 0 Å². The first-order chi connectivity index (χ1) is 5.20. The summed E-state index contributed by atoms with van der Waals surface area (Å²) in [5.74, 6) is -0.294. The largest absolute Gasteiger partial charge is 0.461 e. The van der Waals surface area contributed by atoms with E-state index in [2.05, 4.69) is 31.9 Å². The Bertz CT molecular complexity index is 145. The molecule has 11 heavy (non-hydrogen) atoms. The van der Waals surface area contributed by atoms with Crippen LogP contribution in [0, 0.1) is 0 Å². The van der Waals surface area contributed by atoms with Gasteiger partial charge in [-0.25, -0.2) is 4.79 Å². The van der Waals surface area contributed by atoms with Crippen molar-refractivity contribution in [2.75, 3.05) is 11.9 Å². The summed E-state index contributed by atoms with van der Waals surface area (Å²) >= 11 is 6.56. The summed E-state index contributed by atoms with van der Waals surface area (Å²) in [6.07, 6.45) is 3.05. The average molecular weight is 286 g/mol. The number of ether oxygens (including phenoxy) is 1. The van der Waals surface area contributed by atoms with Crippen LogP contribution in [0.3, 0.4) is 0 Å². The lowest BCUT2D eigenvalue weighted by atomic mass is 10.5. The molecule has 4 heteroatoms. The first-order valence-electron chi connectivity index (χ1n) is 3.20. The van der Waals surface area contributed by atoms with Gasteiger partial charge in [0, 0.05) is 11.4 Å². The highest BCUT2D eigenvalue weighted by Crippen LogP contribution is 2.03. The lowest BCUT2D eigenvalue weighted by Gasteiger charge is -2.04. The third-order valence-electron chi connectivity index (χ3n) is 0.877. The molecule has 0 aliphatic carbocycles. The number of alkyl halides is 2. The monoisotopic (exact) mass is 284 g/mol. The Hall–Kier alpha value is 0.170. The minimum Gasteiger partial charge on any atom is -0.461 e. The topological polar surface area (TPSA) is 26.3 Å². The van der Waals surface area contributed by atoms with Crippen molar-refractivity contribution in [3.63, 3.8) is 0 Å². The standard InChI is InChI=1S/C7H10Br2O2/c1-2-3-7(10)11-5-6(9)4-8/h2-3,6H,4-5H2,1H3/b3-2-/t6-/m1/s1. The molecular formula is C7H10Br2O2. The Morgan fingerprint density at radius 1 is 1.73 bits per heavy atom. The number of hydrogen-bond donors (Lipinski definition) is 0. The van der Waals surface area contributed by atoms with E-state index in [4.69, 9.17) is 4.74 Å². The Morgan fingerprint density at radius 2 is 2.36 bits per heavy atom. The van der Waals surface area contributed by atoms with Crippen LogP contribution in [0.5, 0.6) is 0 Å². The van der Waals surface area contributed by atoms with Crippen LogP contribution in [-0.4, -0.2) is 22.7 Å². The number of carbonyl (C=O) groups is 1. The normalized spacial score (nSPS) is 13.4. The molecule has 0 unspecified atom stereocenters. The lowest BCUT2D eigenvalue weighted by Crippen LogP contribution is -2.12. The molecule has 0 aromatic rings. The minimum absolute atomic E-state index is 0.191. The number of rotatable bonds is 4. The van der Waals surface area contributed by atoms with E-state index >= 15 is 0 Å². The maximum Gasteiger partial charge on any atom is 0.330 e. The number of hydrogen-bond acceptors (Lipinski definition) is 2. The summed E-state index contributed by atoms with van der Waals surface area (Å²) in [5.41, 5.74) is 0. The van der Waals surface area contributed by atoms with E-state index in [9.17, 15) is 4.79 Å². The fourth-order valence-electron chi connectivity index (χ4n) is 0.401. The molecule has 0 N–H and O–H groups in total. The van der Waals surface area contributed by atoms with Crippen LogP contribution >= 0.6 is 31.9 Å². The van der Waals surface area contributed by atoms with Crippen LogP contribution < -0.4 is 0 Å². The highest BCUT2D eigenvalue weighted by Gasteiger charge is 2.03. The van der Waals surface area contributed by atoms with Crippen molar-refractivity contribution in [2.24, 2.45) is 0 Å². The molecular weight excluding hydrogens is 276 g/mol. The van der Waals surface area contributed by atoms with Crippen molar-refractivity contribution in [3.05, 3.63) is 12.2 Å². The van der Waals surface area contributed by atoms with Crippen molar-refractivity contribution < 1.29 is 9.53 Å². The number of carbonyl (C=O) groups excluding carboxylic acids is 1. The van der Waals surface area contributed by atoms with Crippen molar-refractivity contribution in [1.29, 1.82) is 0 Å². The van der Waals surface area contributed by atoms with Gasteiger partial charge in [-0.2, -0.15) is 0 Å². The fourth-order valence-corrected chi connectivity index (χ4v) is 0.720. The van der Waals surface area contributed by atoms with Crippen LogP contribution in [0.1, 0.15) is 6.92 Å². The van der Waals surface area contributed by atoms with Crippen LogP contribution in [0.25, 0.3) is 0 Å². The summed E-state index contributed by atoms with van der Waals surface area (Å²) in [6, 6.07) is 0. The minimum atomic E-state index is -0.294. The zero-order valence-electron chi connectivity index (χ0n) is 6.22. The fraction of sp³-hybridized carbons (Fsp3) is 0.571. The van der Waals surface area contributed by atoms with Crippen LogP contribution in [0.4, 0.5) is 0 Å². The van der Waals surface area contributed by atoms with Gasteiger partial charge in [0.2, 0.25) is 0 Å². The van der Waals surface area contributed by atoms with E-state index in [0.29, 0.717) is 6.61 Å². The molecule has 0 saturated heterocycles. The maximum atomic E-state index is 10.7. The summed E-state index contributed by atoms with van der Waals surface area (Å²) in [7, 11) is 0. The first-order valence-corrected chi connectivity index (χ1v) is 5.24. The Balaban J connectivity index is 3.45. The van der Waals surface area contributed by atoms with E-state index in [1.54, 1.807) is 13.0 Å². The third kappa shape index (κ3) is 6.56. The highest BCUT2D eigenvalue weighted by atomic mass is 79.9. The lowest BCUT2D eigenvalue weighted by molar-refractivity contribution is -0.137. The van der Waals surface area contributed by atoms with Crippen molar-refractivity contribution >= 4 is 37.8 Å². The van der Waals surface area contributed by atoms with Crippen molar-refractivity contribution in [2.45, 2.75) is 11.8 Å². The van der Waals surface area contributed by atoms with E-state index in [1.807, 2.05) is 0 Å². The molecule has 0 fully saturated rings. The summed E-state index contributed by atoms with van der Waals surface area (Å²) in [4.78, 5) is 10.9. The molecule has 0 bridgehead atoms. The maximum absolute atomic E-state index is 10.7. The second kappa shape index (κ2) is 6.85. The molecule has 0 aliphatic rings. The van der Waals surface area contributed by atoms with Gasteiger partial charge < -0.3 is 4.74 Å². The van der Waals surface area contributed by atoms with Gasteiger partial charge in [0.25, 0.3) is 0 Å². The number of esters is 1. The Labute approximate surface area is 83.2 Å². The van der Waals surface area contributed by atoms with E-state index in [0.717, 1.165) is 5.33 Å². The van der Waals surface area contributed by atoms with Crippen LogP contribution in [-0.2, 0) is 9.53 Å². The molecule has 0 aliphatic heterocycles. The molecule has 0 heterocycles. The Morgan fingerprint density at radius 3 is 2.82 bits per heavy atom. The summed E-state index contributed by atoms with van der Waals surface area (Å²) < 4.78 is 4.83. The number of halogens is 2. The van der Waals surface area contributed by atoms with Gasteiger partial charge in [0.1, 0.15) is 6.61 Å². The van der Waals surface area contributed by atoms with Crippen LogP contribution in [0.2, 0.25) is 0 Å². The molecule has 1 atom stereocenters. The zero-order valence-corrected chi connectivity index (χ0v) is 9.39. The van der Waals surface area contributed by atoms with Gasteiger partial charge in [0.05, 0.1) is 4.83 Å². The third-order valence-corrected chi connectivity index (χ3v) is 3.12. The summed E-state index contributed by atoms with van der Waals surface area (Å²) in [6.45, 7) is 2.17. The van der Waals surface area contributed by atoms with Gasteiger partial charge in [0.15, 0.2) is 0 Å². The van der Waals surface area contributed by atoms with Crippen molar-refractivity contribution in [3.8, 4) is 0 Å². The smallest absolute Gasteiger partial charge is 0.330 e. The molecule has 2 nitrogen and oxygen atoms in total. The van der Waals surface area contributed by atoms with Gasteiger partial charge in [-0.3, -0.25) is 0 Å². The number of allylic oxidation sites excluding steroid dienone is 1. The molecule has 0 rings (SSSR count). The van der Waals surface area contributed by atoms with Gasteiger partial charge >= 0.3 is 5.97 Å².